The molecule has 118 valence electrons. The Morgan fingerprint density at radius 1 is 1.35 bits per heavy atom. The Hall–Kier alpha value is -0.850. The molecule has 2 amide bonds. The molecular formula is C13H26ClN3O3. The van der Waals surface area contributed by atoms with Crippen LogP contribution in [0.3, 0.4) is 0 Å². The van der Waals surface area contributed by atoms with E-state index < -0.39 is 17.6 Å². The number of hydrogen-bond acceptors (Lipinski definition) is 4. The summed E-state index contributed by atoms with van der Waals surface area (Å²) in [6.07, 6.45) is -0.417. The summed E-state index contributed by atoms with van der Waals surface area (Å²) in [7, 11) is 0. The predicted octanol–water partition coefficient (Wildman–Crippen LogP) is -0.344. The largest absolute Gasteiger partial charge is 0.391 e. The Kier molecular flexibility index (Phi) is 7.47. The predicted molar refractivity (Wildman–Crippen MR) is 79.7 cm³/mol. The van der Waals surface area contributed by atoms with Crippen molar-refractivity contribution in [3.63, 3.8) is 0 Å². The van der Waals surface area contributed by atoms with E-state index >= 15 is 0 Å². The lowest BCUT2D eigenvalue weighted by molar-refractivity contribution is -0.133. The number of amides is 2. The highest BCUT2D eigenvalue weighted by molar-refractivity contribution is 5.89. The number of carbonyl (C=O) groups excluding carboxylic acids is 2. The normalized spacial score (nSPS) is 23.6. The fourth-order valence-corrected chi connectivity index (χ4v) is 1.79. The third-order valence-corrected chi connectivity index (χ3v) is 3.26. The van der Waals surface area contributed by atoms with Crippen molar-refractivity contribution >= 4 is 24.2 Å². The van der Waals surface area contributed by atoms with Crippen molar-refractivity contribution in [2.45, 2.75) is 39.8 Å². The molecule has 1 rings (SSSR count). The minimum absolute atomic E-state index is 0. The number of nitrogens with one attached hydrogen (secondary N) is 3. The molecule has 0 bridgehead atoms. The Balaban J connectivity index is 0.00000361. The van der Waals surface area contributed by atoms with Gasteiger partial charge in [-0.1, -0.05) is 20.8 Å². The van der Waals surface area contributed by atoms with Crippen LogP contribution in [0, 0.1) is 11.3 Å². The number of aliphatic hydroxyl groups excluding tert-OH is 1. The van der Waals surface area contributed by atoms with Gasteiger partial charge in [-0.15, -0.1) is 12.4 Å². The molecule has 1 fully saturated rings. The summed E-state index contributed by atoms with van der Waals surface area (Å²) in [5.41, 5.74) is -0.514. The van der Waals surface area contributed by atoms with Crippen molar-refractivity contribution in [1.29, 1.82) is 0 Å². The van der Waals surface area contributed by atoms with E-state index in [1.54, 1.807) is 27.7 Å². The zero-order chi connectivity index (χ0) is 14.6. The smallest absolute Gasteiger partial charge is 0.242 e. The van der Waals surface area contributed by atoms with Crippen LogP contribution < -0.4 is 16.0 Å². The van der Waals surface area contributed by atoms with Crippen molar-refractivity contribution in [1.82, 2.24) is 16.0 Å². The maximum absolute atomic E-state index is 11.8. The van der Waals surface area contributed by atoms with Crippen LogP contribution in [-0.2, 0) is 9.59 Å². The van der Waals surface area contributed by atoms with E-state index in [0.29, 0.717) is 19.6 Å². The molecule has 0 aromatic rings. The Labute approximate surface area is 126 Å². The molecule has 4 N–H and O–H groups in total. The van der Waals surface area contributed by atoms with Gasteiger partial charge in [0.2, 0.25) is 11.8 Å². The van der Waals surface area contributed by atoms with Crippen LogP contribution in [-0.4, -0.2) is 48.7 Å². The first kappa shape index (κ1) is 19.1. The number of β-amino-alcohol motifs (C(OH)–C–C–N with tert-alkyl or cyclic N) is 1. The fourth-order valence-electron chi connectivity index (χ4n) is 1.79. The monoisotopic (exact) mass is 307 g/mol. The molecule has 7 heteroatoms. The van der Waals surface area contributed by atoms with Gasteiger partial charge in [0.25, 0.3) is 0 Å². The standard InChI is InChI=1S/C13H25N3O3.ClH/c1-8(16-12(19)13(2,3)4)11(18)15-6-9-5-14-7-10(9)17;/h8-10,14,17H,5-7H2,1-4H3,(H,15,18)(H,16,19);1H. The third-order valence-electron chi connectivity index (χ3n) is 3.26. The summed E-state index contributed by atoms with van der Waals surface area (Å²) < 4.78 is 0. The molecule has 6 nitrogen and oxygen atoms in total. The van der Waals surface area contributed by atoms with Crippen LogP contribution in [0.1, 0.15) is 27.7 Å². The van der Waals surface area contributed by atoms with Crippen LogP contribution in [0.15, 0.2) is 0 Å². The van der Waals surface area contributed by atoms with Crippen LogP contribution in [0.25, 0.3) is 0 Å². The van der Waals surface area contributed by atoms with Gasteiger partial charge in [0.05, 0.1) is 6.10 Å². The number of halogens is 1. The first-order valence-electron chi connectivity index (χ1n) is 6.69. The molecule has 1 aliphatic rings. The topological polar surface area (TPSA) is 90.5 Å². The molecule has 20 heavy (non-hydrogen) atoms. The molecule has 1 heterocycles. The van der Waals surface area contributed by atoms with E-state index in [2.05, 4.69) is 16.0 Å². The van der Waals surface area contributed by atoms with Crippen LogP contribution in [0.2, 0.25) is 0 Å². The second-order valence-corrected chi connectivity index (χ2v) is 6.18. The molecule has 0 aliphatic carbocycles. The molecule has 1 aliphatic heterocycles. The van der Waals surface area contributed by atoms with E-state index in [1.165, 1.54) is 0 Å². The van der Waals surface area contributed by atoms with Gasteiger partial charge in [-0.2, -0.15) is 0 Å². The van der Waals surface area contributed by atoms with E-state index in [-0.39, 0.29) is 30.1 Å². The van der Waals surface area contributed by atoms with Gasteiger partial charge in [0.15, 0.2) is 0 Å². The third kappa shape index (κ3) is 5.64. The summed E-state index contributed by atoms with van der Waals surface area (Å²) in [6, 6.07) is -0.571. The van der Waals surface area contributed by atoms with E-state index in [1.807, 2.05) is 0 Å². The number of hydrogen-bond donors (Lipinski definition) is 4. The van der Waals surface area contributed by atoms with Gasteiger partial charge in [0.1, 0.15) is 6.04 Å². The lowest BCUT2D eigenvalue weighted by atomic mass is 9.95. The van der Waals surface area contributed by atoms with Gasteiger partial charge < -0.3 is 21.1 Å². The average molecular weight is 308 g/mol. The molecule has 3 unspecified atom stereocenters. The molecule has 0 aromatic heterocycles. The molecule has 0 spiro atoms. The van der Waals surface area contributed by atoms with Crippen LogP contribution >= 0.6 is 12.4 Å². The number of aliphatic hydroxyl groups is 1. The Morgan fingerprint density at radius 2 is 1.95 bits per heavy atom. The van der Waals surface area contributed by atoms with Gasteiger partial charge >= 0.3 is 0 Å². The first-order valence-corrected chi connectivity index (χ1v) is 6.69. The van der Waals surface area contributed by atoms with E-state index in [0.717, 1.165) is 0 Å². The summed E-state index contributed by atoms with van der Waals surface area (Å²) in [6.45, 7) is 8.74. The Bertz CT molecular complexity index is 344. The van der Waals surface area contributed by atoms with E-state index in [9.17, 15) is 14.7 Å². The van der Waals surface area contributed by atoms with Crippen molar-refractivity contribution in [2.24, 2.45) is 11.3 Å². The summed E-state index contributed by atoms with van der Waals surface area (Å²) >= 11 is 0. The maximum atomic E-state index is 11.8. The maximum Gasteiger partial charge on any atom is 0.242 e. The Morgan fingerprint density at radius 3 is 2.40 bits per heavy atom. The minimum atomic E-state index is -0.571. The molecule has 3 atom stereocenters. The lowest BCUT2D eigenvalue weighted by Crippen LogP contribution is -2.49. The summed E-state index contributed by atoms with van der Waals surface area (Å²) in [5, 5.41) is 18.1. The van der Waals surface area contributed by atoms with Crippen LogP contribution in [0.5, 0.6) is 0 Å². The van der Waals surface area contributed by atoms with Gasteiger partial charge in [-0.25, -0.2) is 0 Å². The molecular weight excluding hydrogens is 282 g/mol. The van der Waals surface area contributed by atoms with Gasteiger partial charge in [-0.05, 0) is 6.92 Å². The quantitative estimate of drug-likeness (QED) is 0.572. The number of rotatable bonds is 4. The minimum Gasteiger partial charge on any atom is -0.391 e. The average Bonchev–Trinajstić information content (AvgIpc) is 2.70. The van der Waals surface area contributed by atoms with Crippen LogP contribution in [0.4, 0.5) is 0 Å². The van der Waals surface area contributed by atoms with Crippen molar-refractivity contribution in [2.75, 3.05) is 19.6 Å². The second-order valence-electron chi connectivity index (χ2n) is 6.18. The molecule has 0 saturated carbocycles. The van der Waals surface area contributed by atoms with Crippen molar-refractivity contribution in [3.8, 4) is 0 Å². The highest BCUT2D eigenvalue weighted by Crippen LogP contribution is 2.13. The summed E-state index contributed by atoms with van der Waals surface area (Å²) in [5.74, 6) is -0.344. The second kappa shape index (κ2) is 7.81. The fraction of sp³-hybridized carbons (Fsp3) is 0.846. The van der Waals surface area contributed by atoms with Crippen molar-refractivity contribution < 1.29 is 14.7 Å². The lowest BCUT2D eigenvalue weighted by Gasteiger charge is -2.22. The highest BCUT2D eigenvalue weighted by atomic mass is 35.5. The first-order chi connectivity index (χ1) is 8.71. The molecule has 0 radical (unpaired) electrons. The number of carbonyl (C=O) groups is 2. The summed E-state index contributed by atoms with van der Waals surface area (Å²) in [4.78, 5) is 23.6. The highest BCUT2D eigenvalue weighted by Gasteiger charge is 2.27. The van der Waals surface area contributed by atoms with Gasteiger partial charge in [-0.3, -0.25) is 9.59 Å². The molecule has 0 aromatic carbocycles. The zero-order valence-electron chi connectivity index (χ0n) is 12.5. The molecule has 1 saturated heterocycles. The van der Waals surface area contributed by atoms with E-state index in [4.69, 9.17) is 0 Å². The van der Waals surface area contributed by atoms with Gasteiger partial charge in [0, 0.05) is 31.0 Å². The van der Waals surface area contributed by atoms with Crippen molar-refractivity contribution in [3.05, 3.63) is 0 Å². The zero-order valence-corrected chi connectivity index (χ0v) is 13.3. The SMILES string of the molecule is CC(NC(=O)C(C)(C)C)C(=O)NCC1CNCC1O.Cl.